The van der Waals surface area contributed by atoms with Gasteiger partial charge in [0.25, 0.3) is 0 Å². The van der Waals surface area contributed by atoms with Gasteiger partial charge in [-0.2, -0.15) is 5.26 Å². The third-order valence-corrected chi connectivity index (χ3v) is 6.05. The molecule has 0 bridgehead atoms. The van der Waals surface area contributed by atoms with E-state index in [1.807, 2.05) is 26.8 Å². The summed E-state index contributed by atoms with van der Waals surface area (Å²) in [6.07, 6.45) is 1.08. The predicted octanol–water partition coefficient (Wildman–Crippen LogP) is 3.49. The van der Waals surface area contributed by atoms with Crippen molar-refractivity contribution in [2.75, 3.05) is 32.7 Å². The lowest BCUT2D eigenvalue weighted by molar-refractivity contribution is -0.0157. The standard InChI is InChI=1S/C23H34N4O2/c1-19-16-27(15-14-26(19)17-20-8-6-5-7-9-20)23(18-24)10-12-25(13-11-23)21(28)29-22(2,3)4/h5-9,19H,10-17H2,1-4H3/t19-/m1/s1. The summed E-state index contributed by atoms with van der Waals surface area (Å²) in [6.45, 7) is 12.7. The lowest BCUT2D eigenvalue weighted by Crippen LogP contribution is -2.62. The summed E-state index contributed by atoms with van der Waals surface area (Å²) in [7, 11) is 0. The van der Waals surface area contributed by atoms with Crippen molar-refractivity contribution in [3.63, 3.8) is 0 Å². The number of piperazine rings is 1. The second kappa shape index (κ2) is 8.73. The van der Waals surface area contributed by atoms with E-state index in [0.717, 1.165) is 26.2 Å². The van der Waals surface area contributed by atoms with E-state index in [4.69, 9.17) is 4.74 Å². The number of amides is 1. The van der Waals surface area contributed by atoms with E-state index < -0.39 is 11.1 Å². The Morgan fingerprint density at radius 3 is 2.38 bits per heavy atom. The molecule has 0 radical (unpaired) electrons. The highest BCUT2D eigenvalue weighted by Gasteiger charge is 2.44. The summed E-state index contributed by atoms with van der Waals surface area (Å²) < 4.78 is 5.50. The second-order valence-corrected chi connectivity index (χ2v) is 9.36. The number of carbonyl (C=O) groups excluding carboxylic acids is 1. The molecule has 0 unspecified atom stereocenters. The number of benzene rings is 1. The van der Waals surface area contributed by atoms with Crippen LogP contribution in [0.25, 0.3) is 0 Å². The second-order valence-electron chi connectivity index (χ2n) is 9.36. The van der Waals surface area contributed by atoms with Gasteiger partial charge >= 0.3 is 6.09 Å². The molecule has 0 aromatic heterocycles. The van der Waals surface area contributed by atoms with Gasteiger partial charge in [-0.3, -0.25) is 9.80 Å². The zero-order valence-electron chi connectivity index (χ0n) is 18.2. The molecule has 1 aromatic rings. The highest BCUT2D eigenvalue weighted by Crippen LogP contribution is 2.31. The van der Waals surface area contributed by atoms with Gasteiger partial charge < -0.3 is 9.64 Å². The number of hydrogen-bond donors (Lipinski definition) is 0. The molecule has 2 fully saturated rings. The van der Waals surface area contributed by atoms with Gasteiger partial charge in [-0.25, -0.2) is 4.79 Å². The molecule has 1 amide bonds. The molecule has 158 valence electrons. The van der Waals surface area contributed by atoms with Crippen LogP contribution in [-0.4, -0.2) is 70.7 Å². The van der Waals surface area contributed by atoms with Crippen molar-refractivity contribution in [1.29, 1.82) is 5.26 Å². The first-order valence-electron chi connectivity index (χ1n) is 10.6. The highest BCUT2D eigenvalue weighted by molar-refractivity contribution is 5.68. The molecule has 0 aliphatic carbocycles. The number of rotatable bonds is 3. The summed E-state index contributed by atoms with van der Waals surface area (Å²) in [6, 6.07) is 13.5. The number of carbonyl (C=O) groups is 1. The zero-order valence-corrected chi connectivity index (χ0v) is 18.2. The first kappa shape index (κ1) is 21.6. The fourth-order valence-corrected chi connectivity index (χ4v) is 4.32. The number of likely N-dealkylation sites (tertiary alicyclic amines) is 1. The average molecular weight is 399 g/mol. The maximum Gasteiger partial charge on any atom is 0.410 e. The smallest absolute Gasteiger partial charge is 0.410 e. The number of ether oxygens (including phenoxy) is 1. The molecule has 6 nitrogen and oxygen atoms in total. The van der Waals surface area contributed by atoms with Gasteiger partial charge in [0, 0.05) is 45.3 Å². The Balaban J connectivity index is 1.57. The van der Waals surface area contributed by atoms with Crippen LogP contribution in [0, 0.1) is 11.3 Å². The van der Waals surface area contributed by atoms with Gasteiger partial charge in [-0.1, -0.05) is 30.3 Å². The van der Waals surface area contributed by atoms with E-state index in [1.54, 1.807) is 4.90 Å². The zero-order chi connectivity index (χ0) is 21.1. The van der Waals surface area contributed by atoms with Crippen LogP contribution in [0.2, 0.25) is 0 Å². The average Bonchev–Trinajstić information content (AvgIpc) is 2.69. The van der Waals surface area contributed by atoms with E-state index >= 15 is 0 Å². The molecule has 29 heavy (non-hydrogen) atoms. The van der Waals surface area contributed by atoms with E-state index in [1.165, 1.54) is 5.56 Å². The normalized spacial score (nSPS) is 23.4. The third-order valence-electron chi connectivity index (χ3n) is 6.05. The first-order chi connectivity index (χ1) is 13.7. The monoisotopic (exact) mass is 398 g/mol. The Labute approximate surface area is 175 Å². The van der Waals surface area contributed by atoms with Crippen LogP contribution in [0.15, 0.2) is 30.3 Å². The molecule has 1 atom stereocenters. The molecule has 2 heterocycles. The van der Waals surface area contributed by atoms with Gasteiger partial charge in [0.2, 0.25) is 0 Å². The van der Waals surface area contributed by atoms with Crippen LogP contribution in [-0.2, 0) is 11.3 Å². The highest BCUT2D eigenvalue weighted by atomic mass is 16.6. The van der Waals surface area contributed by atoms with Crippen molar-refractivity contribution >= 4 is 6.09 Å². The van der Waals surface area contributed by atoms with Crippen LogP contribution < -0.4 is 0 Å². The minimum Gasteiger partial charge on any atom is -0.444 e. The number of nitrogens with zero attached hydrogens (tertiary/aromatic N) is 4. The predicted molar refractivity (Wildman–Crippen MR) is 113 cm³/mol. The van der Waals surface area contributed by atoms with Crippen molar-refractivity contribution in [1.82, 2.24) is 14.7 Å². The van der Waals surface area contributed by atoms with Crippen LogP contribution in [0.5, 0.6) is 0 Å². The van der Waals surface area contributed by atoms with Crippen LogP contribution in [0.4, 0.5) is 4.79 Å². The molecule has 2 saturated heterocycles. The largest absolute Gasteiger partial charge is 0.444 e. The van der Waals surface area contributed by atoms with Gasteiger partial charge in [0.1, 0.15) is 11.1 Å². The Morgan fingerprint density at radius 1 is 1.17 bits per heavy atom. The topological polar surface area (TPSA) is 59.8 Å². The van der Waals surface area contributed by atoms with Gasteiger partial charge in [-0.15, -0.1) is 0 Å². The fraction of sp³-hybridized carbons (Fsp3) is 0.652. The van der Waals surface area contributed by atoms with Gasteiger partial charge in [0.15, 0.2) is 0 Å². The van der Waals surface area contributed by atoms with Crippen LogP contribution in [0.3, 0.4) is 0 Å². The Kier molecular flexibility index (Phi) is 6.50. The Morgan fingerprint density at radius 2 is 1.83 bits per heavy atom. The Hall–Kier alpha value is -2.10. The number of hydrogen-bond acceptors (Lipinski definition) is 5. The van der Waals surface area contributed by atoms with Crippen LogP contribution in [0.1, 0.15) is 46.1 Å². The van der Waals surface area contributed by atoms with Crippen molar-refractivity contribution in [2.24, 2.45) is 0 Å². The third kappa shape index (κ3) is 5.29. The minimum atomic E-state index is -0.495. The van der Waals surface area contributed by atoms with Crippen molar-refractivity contribution in [3.05, 3.63) is 35.9 Å². The maximum atomic E-state index is 12.4. The lowest BCUT2D eigenvalue weighted by atomic mass is 9.86. The van der Waals surface area contributed by atoms with Gasteiger partial charge in [0.05, 0.1) is 6.07 Å². The molecule has 3 rings (SSSR count). The van der Waals surface area contributed by atoms with Crippen LogP contribution >= 0.6 is 0 Å². The van der Waals surface area contributed by atoms with Crippen molar-refractivity contribution in [3.8, 4) is 6.07 Å². The summed E-state index contributed by atoms with van der Waals surface area (Å²) >= 11 is 0. The van der Waals surface area contributed by atoms with E-state index in [0.29, 0.717) is 32.0 Å². The first-order valence-corrected chi connectivity index (χ1v) is 10.6. The fourth-order valence-electron chi connectivity index (χ4n) is 4.32. The molecule has 2 aliphatic rings. The van der Waals surface area contributed by atoms with E-state index in [-0.39, 0.29) is 6.09 Å². The molecular formula is C23H34N4O2. The quantitative estimate of drug-likeness (QED) is 0.780. The maximum absolute atomic E-state index is 12.4. The van der Waals surface area contributed by atoms with E-state index in [9.17, 15) is 10.1 Å². The summed E-state index contributed by atoms with van der Waals surface area (Å²) in [5.74, 6) is 0. The lowest BCUT2D eigenvalue weighted by Gasteiger charge is -2.49. The molecule has 0 spiro atoms. The van der Waals surface area contributed by atoms with Crippen molar-refractivity contribution < 1.29 is 9.53 Å². The summed E-state index contributed by atoms with van der Waals surface area (Å²) in [4.78, 5) is 19.0. The number of piperidine rings is 1. The van der Waals surface area contributed by atoms with Crippen molar-refractivity contribution in [2.45, 2.75) is 64.3 Å². The SMILES string of the molecule is C[C@@H]1CN(C2(C#N)CCN(C(=O)OC(C)(C)C)CC2)CCN1Cc1ccccc1. The van der Waals surface area contributed by atoms with Gasteiger partial charge in [-0.05, 0) is 46.1 Å². The summed E-state index contributed by atoms with van der Waals surface area (Å²) in [5.41, 5.74) is 0.352. The van der Waals surface area contributed by atoms with E-state index in [2.05, 4.69) is 47.1 Å². The Bertz CT molecular complexity index is 729. The molecule has 0 saturated carbocycles. The molecular weight excluding hydrogens is 364 g/mol. The minimum absolute atomic E-state index is 0.273. The molecule has 1 aromatic carbocycles. The summed E-state index contributed by atoms with van der Waals surface area (Å²) in [5, 5.41) is 10.1. The number of nitriles is 1. The molecule has 0 N–H and O–H groups in total. The molecule has 2 aliphatic heterocycles. The molecule has 6 heteroatoms.